The first-order valence-corrected chi connectivity index (χ1v) is 5.02. The van der Waals surface area contributed by atoms with E-state index in [9.17, 15) is 0 Å². The number of hydrogen-bond donors (Lipinski definition) is 0. The Labute approximate surface area is 89.8 Å². The van der Waals surface area contributed by atoms with Crippen LogP contribution in [0.4, 0.5) is 0 Å². The molecule has 0 N–H and O–H groups in total. The molecule has 1 unspecified atom stereocenters. The van der Waals surface area contributed by atoms with E-state index in [0.717, 1.165) is 17.9 Å². The van der Waals surface area contributed by atoms with Crippen molar-refractivity contribution in [2.45, 2.75) is 6.10 Å². The van der Waals surface area contributed by atoms with Gasteiger partial charge in [-0.15, -0.1) is 0 Å². The molecule has 0 amide bonds. The molecule has 1 atom stereocenters. The van der Waals surface area contributed by atoms with Crippen molar-refractivity contribution in [1.82, 2.24) is 0 Å². The van der Waals surface area contributed by atoms with Crippen LogP contribution in [0.2, 0.25) is 0 Å². The summed E-state index contributed by atoms with van der Waals surface area (Å²) in [7, 11) is 0. The van der Waals surface area contributed by atoms with E-state index in [1.54, 1.807) is 6.08 Å². The second-order valence-corrected chi connectivity index (χ2v) is 3.43. The lowest BCUT2D eigenvalue weighted by atomic mass is 10.2. The normalized spacial score (nSPS) is 19.1. The zero-order chi connectivity index (χ0) is 10.5. The van der Waals surface area contributed by atoms with Gasteiger partial charge in [-0.2, -0.15) is 0 Å². The van der Waals surface area contributed by atoms with E-state index in [-0.39, 0.29) is 0 Å². The van der Waals surface area contributed by atoms with E-state index in [1.807, 2.05) is 36.4 Å². The summed E-state index contributed by atoms with van der Waals surface area (Å²) in [5, 5.41) is 0. The van der Waals surface area contributed by atoms with Gasteiger partial charge in [0.2, 0.25) is 0 Å². The fraction of sp³-hybridized carbons (Fsp3) is 0.231. The molecule has 0 spiro atoms. The largest absolute Gasteiger partial charge is 0.491 e. The smallest absolute Gasteiger partial charge is 0.119 e. The molecule has 1 aromatic rings. The van der Waals surface area contributed by atoms with Crippen LogP contribution in [0.1, 0.15) is 5.56 Å². The minimum absolute atomic E-state index is 0.310. The highest BCUT2D eigenvalue weighted by Gasteiger charge is 2.22. The predicted molar refractivity (Wildman–Crippen MR) is 60.9 cm³/mol. The Bertz CT molecular complexity index is 347. The average molecular weight is 202 g/mol. The molecule has 1 saturated heterocycles. The molecule has 0 bridgehead atoms. The predicted octanol–water partition coefficient (Wildman–Crippen LogP) is 2.66. The molecular formula is C13H14O2. The van der Waals surface area contributed by atoms with E-state index in [0.29, 0.717) is 12.7 Å². The summed E-state index contributed by atoms with van der Waals surface area (Å²) in [6.45, 7) is 5.11. The first-order chi connectivity index (χ1) is 7.38. The van der Waals surface area contributed by atoms with Crippen LogP contribution in [0.3, 0.4) is 0 Å². The molecular weight excluding hydrogens is 188 g/mol. The third-order valence-corrected chi connectivity index (χ3v) is 2.14. The first kappa shape index (κ1) is 9.99. The third-order valence-electron chi connectivity index (χ3n) is 2.14. The summed E-state index contributed by atoms with van der Waals surface area (Å²) < 4.78 is 10.6. The van der Waals surface area contributed by atoms with Crippen molar-refractivity contribution in [3.8, 4) is 5.75 Å². The van der Waals surface area contributed by atoms with Gasteiger partial charge >= 0.3 is 0 Å². The summed E-state index contributed by atoms with van der Waals surface area (Å²) in [5.41, 5.74) is 1.14. The monoisotopic (exact) mass is 202 g/mol. The molecule has 15 heavy (non-hydrogen) atoms. The molecule has 0 aromatic heterocycles. The number of benzene rings is 1. The Balaban J connectivity index is 1.90. The van der Waals surface area contributed by atoms with Crippen molar-refractivity contribution in [1.29, 1.82) is 0 Å². The van der Waals surface area contributed by atoms with Gasteiger partial charge < -0.3 is 9.47 Å². The minimum atomic E-state index is 0.310. The number of ether oxygens (including phenoxy) is 2. The molecule has 1 aliphatic heterocycles. The second kappa shape index (κ2) is 4.80. The average Bonchev–Trinajstić information content (AvgIpc) is 3.09. The van der Waals surface area contributed by atoms with Gasteiger partial charge in [-0.25, -0.2) is 0 Å². The maximum absolute atomic E-state index is 5.52. The number of epoxide rings is 1. The van der Waals surface area contributed by atoms with Crippen LogP contribution in [0.5, 0.6) is 5.75 Å². The van der Waals surface area contributed by atoms with Crippen molar-refractivity contribution >= 4 is 6.08 Å². The highest BCUT2D eigenvalue weighted by atomic mass is 16.6. The molecule has 2 nitrogen and oxygen atoms in total. The molecule has 1 aromatic carbocycles. The minimum Gasteiger partial charge on any atom is -0.491 e. The lowest BCUT2D eigenvalue weighted by Crippen LogP contribution is -2.03. The van der Waals surface area contributed by atoms with Crippen molar-refractivity contribution in [2.24, 2.45) is 0 Å². The summed E-state index contributed by atoms with van der Waals surface area (Å²) in [6.07, 6.45) is 5.98. The molecule has 0 aliphatic carbocycles. The van der Waals surface area contributed by atoms with Crippen molar-refractivity contribution in [3.05, 3.63) is 48.6 Å². The molecule has 0 radical (unpaired) electrons. The van der Waals surface area contributed by atoms with Crippen LogP contribution in [-0.4, -0.2) is 19.3 Å². The quantitative estimate of drug-likeness (QED) is 0.541. The van der Waals surface area contributed by atoms with Gasteiger partial charge in [0.1, 0.15) is 18.5 Å². The van der Waals surface area contributed by atoms with Crippen LogP contribution < -0.4 is 4.74 Å². The summed E-state index contributed by atoms with van der Waals surface area (Å²) >= 11 is 0. The van der Waals surface area contributed by atoms with Crippen molar-refractivity contribution < 1.29 is 9.47 Å². The van der Waals surface area contributed by atoms with Gasteiger partial charge in [0.25, 0.3) is 0 Å². The molecule has 0 saturated carbocycles. The fourth-order valence-electron chi connectivity index (χ4n) is 1.21. The topological polar surface area (TPSA) is 21.8 Å². The Morgan fingerprint density at radius 1 is 1.40 bits per heavy atom. The van der Waals surface area contributed by atoms with Crippen LogP contribution in [0.25, 0.3) is 6.08 Å². The second-order valence-electron chi connectivity index (χ2n) is 3.43. The molecule has 1 fully saturated rings. The van der Waals surface area contributed by atoms with Gasteiger partial charge in [0.05, 0.1) is 6.61 Å². The lowest BCUT2D eigenvalue weighted by Gasteiger charge is -2.03. The summed E-state index contributed by atoms with van der Waals surface area (Å²) in [5.74, 6) is 0.890. The van der Waals surface area contributed by atoms with Gasteiger partial charge in [-0.1, -0.05) is 36.9 Å². The number of rotatable bonds is 5. The lowest BCUT2D eigenvalue weighted by molar-refractivity contribution is 0.263. The van der Waals surface area contributed by atoms with E-state index in [1.165, 1.54) is 0 Å². The van der Waals surface area contributed by atoms with Crippen LogP contribution in [0.15, 0.2) is 43.0 Å². The third kappa shape index (κ3) is 3.26. The molecule has 1 heterocycles. The maximum Gasteiger partial charge on any atom is 0.119 e. The molecule has 1 aliphatic rings. The van der Waals surface area contributed by atoms with E-state index >= 15 is 0 Å². The summed E-state index contributed by atoms with van der Waals surface area (Å²) in [4.78, 5) is 0. The van der Waals surface area contributed by atoms with E-state index < -0.39 is 0 Å². The zero-order valence-electron chi connectivity index (χ0n) is 8.56. The standard InChI is InChI=1S/C13H14O2/c1-2-3-4-11-5-7-12(8-6-11)14-9-13-10-15-13/h2-8,13H,1,9-10H2/b4-3-. The van der Waals surface area contributed by atoms with Crippen LogP contribution in [-0.2, 0) is 4.74 Å². The Morgan fingerprint density at radius 2 is 2.13 bits per heavy atom. The van der Waals surface area contributed by atoms with Crippen molar-refractivity contribution in [2.75, 3.05) is 13.2 Å². The van der Waals surface area contributed by atoms with E-state index in [4.69, 9.17) is 9.47 Å². The highest BCUT2D eigenvalue weighted by Crippen LogP contribution is 2.16. The van der Waals surface area contributed by atoms with Gasteiger partial charge in [-0.05, 0) is 17.7 Å². The van der Waals surface area contributed by atoms with Gasteiger partial charge in [-0.3, -0.25) is 0 Å². The Hall–Kier alpha value is -1.54. The van der Waals surface area contributed by atoms with Gasteiger partial charge in [0, 0.05) is 0 Å². The first-order valence-electron chi connectivity index (χ1n) is 5.02. The van der Waals surface area contributed by atoms with Gasteiger partial charge in [0.15, 0.2) is 0 Å². The van der Waals surface area contributed by atoms with Crippen LogP contribution in [0, 0.1) is 0 Å². The Kier molecular flexibility index (Phi) is 3.20. The van der Waals surface area contributed by atoms with Crippen LogP contribution >= 0.6 is 0 Å². The SMILES string of the molecule is C=C/C=C\c1ccc(OCC2CO2)cc1. The zero-order valence-corrected chi connectivity index (χ0v) is 8.56. The van der Waals surface area contributed by atoms with Crippen molar-refractivity contribution in [3.63, 3.8) is 0 Å². The Morgan fingerprint density at radius 3 is 2.73 bits per heavy atom. The highest BCUT2D eigenvalue weighted by molar-refractivity contribution is 5.51. The number of allylic oxidation sites excluding steroid dienone is 2. The number of hydrogen-bond acceptors (Lipinski definition) is 2. The maximum atomic E-state index is 5.52. The molecule has 2 rings (SSSR count). The molecule has 78 valence electrons. The summed E-state index contributed by atoms with van der Waals surface area (Å²) in [6, 6.07) is 7.96. The van der Waals surface area contributed by atoms with E-state index in [2.05, 4.69) is 6.58 Å². The molecule has 2 heteroatoms. The fourth-order valence-corrected chi connectivity index (χ4v) is 1.21.